The predicted octanol–water partition coefficient (Wildman–Crippen LogP) is 7.58. The summed E-state index contributed by atoms with van der Waals surface area (Å²) in [4.78, 5) is 0. The summed E-state index contributed by atoms with van der Waals surface area (Å²) >= 11 is 6.76. The fourth-order valence-corrected chi connectivity index (χ4v) is 8.68. The first-order valence-electron chi connectivity index (χ1n) is 12.0. The van der Waals surface area contributed by atoms with Gasteiger partial charge in [0, 0.05) is 17.1 Å². The molecule has 1 aromatic carbocycles. The number of hydrogen-bond acceptors (Lipinski definition) is 2. The molecule has 0 bridgehead atoms. The van der Waals surface area contributed by atoms with Crippen molar-refractivity contribution in [1.82, 2.24) is 5.32 Å². The van der Waals surface area contributed by atoms with E-state index in [1.165, 1.54) is 73.3 Å². The number of aryl methyl sites for hydroxylation is 2. The minimum atomic E-state index is -1.72. The summed E-state index contributed by atoms with van der Waals surface area (Å²) in [7, 11) is -1.72. The maximum atomic E-state index is 7.00. The number of halogens is 1. The van der Waals surface area contributed by atoms with Crippen LogP contribution in [-0.2, 0) is 4.43 Å². The van der Waals surface area contributed by atoms with Gasteiger partial charge in [-0.15, -0.1) is 0 Å². The second kappa shape index (κ2) is 9.85. The van der Waals surface area contributed by atoms with Crippen molar-refractivity contribution in [3.05, 3.63) is 33.8 Å². The van der Waals surface area contributed by atoms with E-state index < -0.39 is 8.32 Å². The Bertz CT molecular complexity index is 642. The molecule has 2 nitrogen and oxygen atoms in total. The molecule has 2 saturated carbocycles. The van der Waals surface area contributed by atoms with Gasteiger partial charge in [-0.3, -0.25) is 0 Å². The molecule has 2 aliphatic carbocycles. The molecule has 0 amide bonds. The van der Waals surface area contributed by atoms with Gasteiger partial charge < -0.3 is 9.74 Å². The largest absolute Gasteiger partial charge is 0.409 e. The van der Waals surface area contributed by atoms with E-state index in [-0.39, 0.29) is 6.10 Å². The Kier molecular flexibility index (Phi) is 7.92. The molecule has 1 spiro atoms. The number of rotatable bonds is 10. The fraction of sp³-hybridized carbons (Fsp3) is 0.760. The van der Waals surface area contributed by atoms with E-state index >= 15 is 0 Å². The maximum Gasteiger partial charge on any atom is 0.192 e. The molecule has 0 aliphatic heterocycles. The summed E-state index contributed by atoms with van der Waals surface area (Å²) < 4.78 is 7.00. The van der Waals surface area contributed by atoms with Crippen LogP contribution in [0.4, 0.5) is 0 Å². The van der Waals surface area contributed by atoms with Crippen LogP contribution < -0.4 is 5.32 Å². The van der Waals surface area contributed by atoms with E-state index in [2.05, 4.69) is 52.1 Å². The maximum absolute atomic E-state index is 7.00. The molecule has 0 aromatic heterocycles. The van der Waals surface area contributed by atoms with Crippen molar-refractivity contribution in [2.45, 2.75) is 97.4 Å². The van der Waals surface area contributed by atoms with Gasteiger partial charge in [0.05, 0.1) is 6.10 Å². The summed E-state index contributed by atoms with van der Waals surface area (Å²) in [6.45, 7) is 13.2. The summed E-state index contributed by atoms with van der Waals surface area (Å²) in [5, 5.41) is 4.67. The van der Waals surface area contributed by atoms with Crippen LogP contribution in [0.2, 0.25) is 23.2 Å². The van der Waals surface area contributed by atoms with Crippen LogP contribution in [0.15, 0.2) is 12.1 Å². The molecule has 3 rings (SSSR count). The Hall–Kier alpha value is -0.353. The van der Waals surface area contributed by atoms with Crippen molar-refractivity contribution in [2.75, 3.05) is 13.1 Å². The standard InChI is InChI=1S/C25H42ClNOSi/c1-6-29(7-2,8-3)28-23(24-20(5)15-19(4)16-22(24)26)18-27-17-21-9-11-25(12-10-21)13-14-25/h15-16,21,23,27H,6-14,17-18H2,1-5H3. The second-order valence-electron chi connectivity index (χ2n) is 9.93. The zero-order chi connectivity index (χ0) is 21.1. The molecule has 0 radical (unpaired) electrons. The average molecular weight is 436 g/mol. The summed E-state index contributed by atoms with van der Waals surface area (Å²) in [5.74, 6) is 0.835. The van der Waals surface area contributed by atoms with E-state index in [1.807, 2.05) is 0 Å². The van der Waals surface area contributed by atoms with Gasteiger partial charge >= 0.3 is 0 Å². The van der Waals surface area contributed by atoms with Crippen molar-refractivity contribution in [3.63, 3.8) is 0 Å². The van der Waals surface area contributed by atoms with Gasteiger partial charge in [-0.1, -0.05) is 38.4 Å². The Morgan fingerprint density at radius 2 is 1.69 bits per heavy atom. The molecule has 1 N–H and O–H groups in total. The Labute approximate surface area is 185 Å². The van der Waals surface area contributed by atoms with Crippen LogP contribution in [0.1, 0.15) is 82.1 Å². The Morgan fingerprint density at radius 1 is 1.07 bits per heavy atom. The minimum Gasteiger partial charge on any atom is -0.409 e. The van der Waals surface area contributed by atoms with Crippen molar-refractivity contribution in [3.8, 4) is 0 Å². The van der Waals surface area contributed by atoms with Crippen molar-refractivity contribution in [1.29, 1.82) is 0 Å². The normalized spacial score (nSPS) is 20.2. The smallest absolute Gasteiger partial charge is 0.192 e. The third-order valence-corrected chi connectivity index (χ3v) is 13.0. The van der Waals surface area contributed by atoms with Crippen molar-refractivity contribution < 1.29 is 4.43 Å². The van der Waals surface area contributed by atoms with E-state index in [0.717, 1.165) is 29.4 Å². The minimum absolute atomic E-state index is 0.0629. The molecule has 1 atom stereocenters. The van der Waals surface area contributed by atoms with E-state index in [9.17, 15) is 0 Å². The van der Waals surface area contributed by atoms with Gasteiger partial charge in [-0.05, 0) is 106 Å². The van der Waals surface area contributed by atoms with E-state index in [4.69, 9.17) is 16.0 Å². The Morgan fingerprint density at radius 3 is 2.21 bits per heavy atom. The lowest BCUT2D eigenvalue weighted by atomic mass is 9.80. The SMILES string of the molecule is CC[Si](CC)(CC)OC(CNCC1CCC2(CC1)CC2)c1c(C)cc(C)cc1Cl. The molecule has 0 saturated heterocycles. The first-order chi connectivity index (χ1) is 13.9. The highest BCUT2D eigenvalue weighted by molar-refractivity contribution is 6.73. The summed E-state index contributed by atoms with van der Waals surface area (Å²) in [6.07, 6.45) is 8.77. The molecule has 29 heavy (non-hydrogen) atoms. The van der Waals surface area contributed by atoms with Crippen LogP contribution >= 0.6 is 11.6 Å². The first-order valence-corrected chi connectivity index (χ1v) is 14.9. The van der Waals surface area contributed by atoms with Crippen LogP contribution in [0.3, 0.4) is 0 Å². The molecule has 1 unspecified atom stereocenters. The van der Waals surface area contributed by atoms with Gasteiger partial charge in [-0.2, -0.15) is 0 Å². The lowest BCUT2D eigenvalue weighted by Crippen LogP contribution is -2.40. The van der Waals surface area contributed by atoms with Crippen LogP contribution in [-0.4, -0.2) is 21.4 Å². The second-order valence-corrected chi connectivity index (χ2v) is 15.1. The van der Waals surface area contributed by atoms with Crippen molar-refractivity contribution in [2.24, 2.45) is 11.3 Å². The molecular weight excluding hydrogens is 394 g/mol. The molecule has 2 fully saturated rings. The number of hydrogen-bond donors (Lipinski definition) is 1. The molecule has 0 heterocycles. The zero-order valence-corrected chi connectivity index (χ0v) is 21.1. The third kappa shape index (κ3) is 5.67. The lowest BCUT2D eigenvalue weighted by molar-refractivity contribution is 0.178. The summed E-state index contributed by atoms with van der Waals surface area (Å²) in [6, 6.07) is 7.86. The van der Waals surface area contributed by atoms with Gasteiger partial charge in [0.25, 0.3) is 0 Å². The first kappa shape index (κ1) is 23.3. The van der Waals surface area contributed by atoms with Crippen LogP contribution in [0.5, 0.6) is 0 Å². The highest BCUT2D eigenvalue weighted by Gasteiger charge is 2.44. The van der Waals surface area contributed by atoms with Crippen LogP contribution in [0.25, 0.3) is 0 Å². The monoisotopic (exact) mass is 435 g/mol. The van der Waals surface area contributed by atoms with Crippen LogP contribution in [0, 0.1) is 25.2 Å². The van der Waals surface area contributed by atoms with E-state index in [1.54, 1.807) is 0 Å². The van der Waals surface area contributed by atoms with Gasteiger partial charge in [-0.25, -0.2) is 0 Å². The Balaban J connectivity index is 1.69. The topological polar surface area (TPSA) is 21.3 Å². The van der Waals surface area contributed by atoms with Gasteiger partial charge in [0.15, 0.2) is 8.32 Å². The molecular formula is C25H42ClNOSi. The molecule has 164 valence electrons. The van der Waals surface area contributed by atoms with Gasteiger partial charge in [0.1, 0.15) is 0 Å². The van der Waals surface area contributed by atoms with Gasteiger partial charge in [0.2, 0.25) is 0 Å². The summed E-state index contributed by atoms with van der Waals surface area (Å²) in [5.41, 5.74) is 4.48. The quantitative estimate of drug-likeness (QED) is 0.382. The third-order valence-electron chi connectivity index (χ3n) is 8.01. The fourth-order valence-electron chi connectivity index (χ4n) is 5.43. The van der Waals surface area contributed by atoms with E-state index in [0.29, 0.717) is 0 Å². The lowest BCUT2D eigenvalue weighted by Gasteiger charge is -2.35. The highest BCUT2D eigenvalue weighted by atomic mass is 35.5. The zero-order valence-electron chi connectivity index (χ0n) is 19.4. The number of benzene rings is 1. The molecule has 4 heteroatoms. The predicted molar refractivity (Wildman–Crippen MR) is 128 cm³/mol. The molecule has 2 aliphatic rings. The highest BCUT2D eigenvalue weighted by Crippen LogP contribution is 2.57. The van der Waals surface area contributed by atoms with Crippen molar-refractivity contribution >= 4 is 19.9 Å². The molecule has 1 aromatic rings. The number of nitrogens with one attached hydrogen (secondary N) is 1. The average Bonchev–Trinajstić information content (AvgIpc) is 3.46.